The van der Waals surface area contributed by atoms with Gasteiger partial charge in [-0.2, -0.15) is 5.10 Å². The van der Waals surface area contributed by atoms with Gasteiger partial charge in [-0.05, 0) is 18.1 Å². The molecule has 1 aliphatic rings. The summed E-state index contributed by atoms with van der Waals surface area (Å²) in [4.78, 5) is 12.3. The standard InChI is InChI=1S/C26H27N5O/c1-2-22(20-9-5-3-6-10-20)26-27-24(30-15-17-32-18-16-30)19-25(28-26)31-14-13-23(29-31)21-11-7-4-8-12-21/h3-14,19,22H,2,15-18H2,1H3. The molecule has 0 saturated carbocycles. The number of nitrogens with zero attached hydrogens (tertiary/aromatic N) is 5. The highest BCUT2D eigenvalue weighted by Gasteiger charge is 2.21. The van der Waals surface area contributed by atoms with E-state index in [4.69, 9.17) is 19.8 Å². The van der Waals surface area contributed by atoms with E-state index < -0.39 is 0 Å². The summed E-state index contributed by atoms with van der Waals surface area (Å²) in [6, 6.07) is 24.8. The first-order chi connectivity index (χ1) is 15.8. The van der Waals surface area contributed by atoms with Gasteiger partial charge >= 0.3 is 0 Å². The normalized spacial score (nSPS) is 15.0. The summed E-state index contributed by atoms with van der Waals surface area (Å²) >= 11 is 0. The second kappa shape index (κ2) is 9.32. The maximum absolute atomic E-state index is 5.55. The van der Waals surface area contributed by atoms with E-state index >= 15 is 0 Å². The predicted molar refractivity (Wildman–Crippen MR) is 126 cm³/mol. The Hall–Kier alpha value is -3.51. The molecule has 1 aliphatic heterocycles. The van der Waals surface area contributed by atoms with Gasteiger partial charge in [-0.1, -0.05) is 67.6 Å². The van der Waals surface area contributed by atoms with E-state index in [-0.39, 0.29) is 5.92 Å². The predicted octanol–water partition coefficient (Wildman–Crippen LogP) is 4.71. The monoisotopic (exact) mass is 425 g/mol. The van der Waals surface area contributed by atoms with Crippen LogP contribution >= 0.6 is 0 Å². The van der Waals surface area contributed by atoms with Gasteiger partial charge in [0.2, 0.25) is 0 Å². The van der Waals surface area contributed by atoms with Crippen LogP contribution in [0.2, 0.25) is 0 Å². The highest BCUT2D eigenvalue weighted by Crippen LogP contribution is 2.28. The summed E-state index contributed by atoms with van der Waals surface area (Å²) in [5, 5.41) is 4.82. The largest absolute Gasteiger partial charge is 0.378 e. The van der Waals surface area contributed by atoms with Crippen molar-refractivity contribution >= 4 is 5.82 Å². The smallest absolute Gasteiger partial charge is 0.159 e. The molecule has 6 nitrogen and oxygen atoms in total. The third-order valence-electron chi connectivity index (χ3n) is 5.87. The zero-order valence-electron chi connectivity index (χ0n) is 18.3. The van der Waals surface area contributed by atoms with E-state index in [1.54, 1.807) is 0 Å². The molecule has 4 aromatic rings. The number of hydrogen-bond donors (Lipinski definition) is 0. The van der Waals surface area contributed by atoms with Crippen LogP contribution in [0.4, 0.5) is 5.82 Å². The number of hydrogen-bond acceptors (Lipinski definition) is 5. The fourth-order valence-corrected chi connectivity index (χ4v) is 4.13. The lowest BCUT2D eigenvalue weighted by Crippen LogP contribution is -2.37. The number of benzene rings is 2. The van der Waals surface area contributed by atoms with Gasteiger partial charge in [-0.25, -0.2) is 14.6 Å². The molecule has 2 aromatic heterocycles. The van der Waals surface area contributed by atoms with Crippen molar-refractivity contribution in [3.63, 3.8) is 0 Å². The van der Waals surface area contributed by atoms with Gasteiger partial charge in [0.1, 0.15) is 11.6 Å². The fraction of sp³-hybridized carbons (Fsp3) is 0.269. The SMILES string of the molecule is CCC(c1ccccc1)c1nc(N2CCOCC2)cc(-n2ccc(-c3ccccc3)n2)n1. The molecule has 162 valence electrons. The second-order valence-electron chi connectivity index (χ2n) is 7.93. The van der Waals surface area contributed by atoms with Gasteiger partial charge in [0.15, 0.2) is 5.82 Å². The van der Waals surface area contributed by atoms with Crippen LogP contribution in [0.3, 0.4) is 0 Å². The van der Waals surface area contributed by atoms with Crippen molar-refractivity contribution in [1.82, 2.24) is 19.7 Å². The Kier molecular flexibility index (Phi) is 5.94. The van der Waals surface area contributed by atoms with Crippen LogP contribution in [0.5, 0.6) is 0 Å². The van der Waals surface area contributed by atoms with Gasteiger partial charge in [0.05, 0.1) is 18.9 Å². The number of morpholine rings is 1. The third-order valence-corrected chi connectivity index (χ3v) is 5.87. The van der Waals surface area contributed by atoms with Crippen molar-refractivity contribution in [2.24, 2.45) is 0 Å². The Morgan fingerprint density at radius 3 is 2.28 bits per heavy atom. The molecule has 32 heavy (non-hydrogen) atoms. The highest BCUT2D eigenvalue weighted by molar-refractivity contribution is 5.58. The first-order valence-electron chi connectivity index (χ1n) is 11.2. The molecule has 0 aliphatic carbocycles. The summed E-state index contributed by atoms with van der Waals surface area (Å²) in [6.07, 6.45) is 2.89. The number of ether oxygens (including phenoxy) is 1. The van der Waals surface area contributed by atoms with Gasteiger partial charge in [0, 0.05) is 36.8 Å². The third kappa shape index (κ3) is 4.27. The Morgan fingerprint density at radius 1 is 0.875 bits per heavy atom. The zero-order chi connectivity index (χ0) is 21.8. The molecular formula is C26H27N5O. The molecule has 0 N–H and O–H groups in total. The van der Waals surface area contributed by atoms with E-state index in [1.807, 2.05) is 47.3 Å². The number of rotatable bonds is 6. The summed E-state index contributed by atoms with van der Waals surface area (Å²) in [5.41, 5.74) is 3.24. The van der Waals surface area contributed by atoms with Crippen LogP contribution in [0.15, 0.2) is 79.0 Å². The molecule has 5 rings (SSSR count). The molecule has 3 heterocycles. The summed E-state index contributed by atoms with van der Waals surface area (Å²) in [5.74, 6) is 2.67. The molecular weight excluding hydrogens is 398 g/mol. The first kappa shape index (κ1) is 20.4. The van der Waals surface area contributed by atoms with Crippen molar-refractivity contribution in [3.05, 3.63) is 90.4 Å². The molecule has 0 amide bonds. The van der Waals surface area contributed by atoms with Crippen molar-refractivity contribution in [1.29, 1.82) is 0 Å². The molecule has 1 saturated heterocycles. The molecule has 0 radical (unpaired) electrons. The van der Waals surface area contributed by atoms with Crippen LogP contribution in [0, 0.1) is 0 Å². The minimum atomic E-state index is 0.125. The maximum Gasteiger partial charge on any atom is 0.159 e. The quantitative estimate of drug-likeness (QED) is 0.448. The molecule has 6 heteroatoms. The van der Waals surface area contributed by atoms with Crippen LogP contribution in [0.25, 0.3) is 17.1 Å². The second-order valence-corrected chi connectivity index (χ2v) is 7.93. The lowest BCUT2D eigenvalue weighted by molar-refractivity contribution is 0.122. The van der Waals surface area contributed by atoms with Crippen molar-refractivity contribution in [2.75, 3.05) is 31.2 Å². The van der Waals surface area contributed by atoms with Crippen molar-refractivity contribution in [2.45, 2.75) is 19.3 Å². The zero-order valence-corrected chi connectivity index (χ0v) is 18.3. The lowest BCUT2D eigenvalue weighted by Gasteiger charge is -2.29. The molecule has 1 fully saturated rings. The average Bonchev–Trinajstić information content (AvgIpc) is 3.37. The molecule has 2 aromatic carbocycles. The van der Waals surface area contributed by atoms with E-state index in [0.717, 1.165) is 48.2 Å². The summed E-state index contributed by atoms with van der Waals surface area (Å²) in [7, 11) is 0. The van der Waals surface area contributed by atoms with E-state index in [1.165, 1.54) is 5.56 Å². The molecule has 1 unspecified atom stereocenters. The van der Waals surface area contributed by atoms with Gasteiger partial charge in [0.25, 0.3) is 0 Å². The fourth-order valence-electron chi connectivity index (χ4n) is 4.13. The van der Waals surface area contributed by atoms with E-state index in [9.17, 15) is 0 Å². The molecule has 1 atom stereocenters. The van der Waals surface area contributed by atoms with Crippen LogP contribution in [-0.4, -0.2) is 46.1 Å². The average molecular weight is 426 g/mol. The minimum absolute atomic E-state index is 0.125. The van der Waals surface area contributed by atoms with Crippen molar-refractivity contribution in [3.8, 4) is 17.1 Å². The highest BCUT2D eigenvalue weighted by atomic mass is 16.5. The van der Waals surface area contributed by atoms with E-state index in [2.05, 4.69) is 48.2 Å². The van der Waals surface area contributed by atoms with Crippen LogP contribution in [0.1, 0.15) is 30.7 Å². The number of aromatic nitrogens is 4. The Bertz CT molecular complexity index is 1150. The Labute approximate surface area is 188 Å². The van der Waals surface area contributed by atoms with Gasteiger partial charge < -0.3 is 9.64 Å². The summed E-state index contributed by atoms with van der Waals surface area (Å²) < 4.78 is 7.41. The topological polar surface area (TPSA) is 56.1 Å². The lowest BCUT2D eigenvalue weighted by atomic mass is 9.95. The Morgan fingerprint density at radius 2 is 1.56 bits per heavy atom. The number of anilines is 1. The molecule has 0 spiro atoms. The van der Waals surface area contributed by atoms with Crippen molar-refractivity contribution < 1.29 is 4.74 Å². The first-order valence-corrected chi connectivity index (χ1v) is 11.2. The van der Waals surface area contributed by atoms with Crippen LogP contribution in [-0.2, 0) is 4.74 Å². The minimum Gasteiger partial charge on any atom is -0.378 e. The van der Waals surface area contributed by atoms with Gasteiger partial charge in [-0.15, -0.1) is 0 Å². The van der Waals surface area contributed by atoms with Crippen LogP contribution < -0.4 is 4.90 Å². The Balaban J connectivity index is 1.57. The molecule has 0 bridgehead atoms. The summed E-state index contributed by atoms with van der Waals surface area (Å²) in [6.45, 7) is 5.26. The van der Waals surface area contributed by atoms with Gasteiger partial charge in [-0.3, -0.25) is 0 Å². The van der Waals surface area contributed by atoms with E-state index in [0.29, 0.717) is 13.2 Å². The maximum atomic E-state index is 5.55.